The number of halogens is 2. The van der Waals surface area contributed by atoms with Gasteiger partial charge in [0.2, 0.25) is 0 Å². The molecule has 7 heteroatoms. The Morgan fingerprint density at radius 1 is 1.32 bits per heavy atom. The maximum absolute atomic E-state index is 12.4. The van der Waals surface area contributed by atoms with Gasteiger partial charge in [-0.3, -0.25) is 4.79 Å². The number of hydrogen-bond acceptors (Lipinski definition) is 3. The van der Waals surface area contributed by atoms with Crippen molar-refractivity contribution >= 4 is 29.1 Å². The number of carbonyl (C=O) groups excluding carboxylic acids is 1. The highest BCUT2D eigenvalue weighted by Gasteiger charge is 2.31. The Balaban J connectivity index is 1.63. The molecule has 1 aromatic heterocycles. The number of H-pyrrole nitrogens is 1. The Labute approximate surface area is 140 Å². The topological polar surface area (TPSA) is 66.2 Å². The summed E-state index contributed by atoms with van der Waals surface area (Å²) in [5.41, 5.74) is 1.02. The maximum atomic E-state index is 12.4. The molecule has 3 N–H and O–H groups in total. The van der Waals surface area contributed by atoms with E-state index in [2.05, 4.69) is 15.6 Å². The van der Waals surface area contributed by atoms with E-state index in [0.717, 1.165) is 26.1 Å². The van der Waals surface area contributed by atoms with Gasteiger partial charge in [-0.15, -0.1) is 0 Å². The predicted octanol–water partition coefficient (Wildman–Crippen LogP) is 2.52. The minimum Gasteiger partial charge on any atom is -0.374 e. The highest BCUT2D eigenvalue weighted by atomic mass is 35.5. The standard InChI is InChI=1S/C15H21Cl2N3O2/c1-8-12(16)13(17)14(19-8)15(21)20-10-4-5-18-6-11(10)22-7-9-2-3-9/h9-11,18-19H,2-7H2,1H3,(H,20,21)/t10-,11+/m1/s1. The van der Waals surface area contributed by atoms with Crippen molar-refractivity contribution in [1.29, 1.82) is 0 Å². The van der Waals surface area contributed by atoms with Gasteiger partial charge < -0.3 is 20.4 Å². The maximum Gasteiger partial charge on any atom is 0.269 e. The van der Waals surface area contributed by atoms with E-state index in [1.165, 1.54) is 12.8 Å². The summed E-state index contributed by atoms with van der Waals surface area (Å²) in [7, 11) is 0. The lowest BCUT2D eigenvalue weighted by Crippen LogP contribution is -2.54. The molecule has 3 rings (SSSR count). The first-order valence-corrected chi connectivity index (χ1v) is 8.48. The van der Waals surface area contributed by atoms with Crippen molar-refractivity contribution in [1.82, 2.24) is 15.6 Å². The minimum atomic E-state index is -0.230. The summed E-state index contributed by atoms with van der Waals surface area (Å²) >= 11 is 12.1. The monoisotopic (exact) mass is 345 g/mol. The van der Waals surface area contributed by atoms with Crippen LogP contribution >= 0.6 is 23.2 Å². The van der Waals surface area contributed by atoms with Gasteiger partial charge >= 0.3 is 0 Å². The van der Waals surface area contributed by atoms with Gasteiger partial charge in [-0.2, -0.15) is 0 Å². The number of rotatable bonds is 5. The quantitative estimate of drug-likeness (QED) is 0.768. The van der Waals surface area contributed by atoms with Crippen LogP contribution in [-0.4, -0.2) is 42.7 Å². The molecule has 1 aliphatic heterocycles. The third-order valence-corrected chi connectivity index (χ3v) is 5.21. The van der Waals surface area contributed by atoms with Crippen molar-refractivity contribution in [2.24, 2.45) is 5.92 Å². The minimum absolute atomic E-state index is 0.00334. The highest BCUT2D eigenvalue weighted by molar-refractivity contribution is 6.44. The Morgan fingerprint density at radius 2 is 2.09 bits per heavy atom. The normalized spacial score (nSPS) is 25.2. The summed E-state index contributed by atoms with van der Waals surface area (Å²) in [6.45, 7) is 4.20. The van der Waals surface area contributed by atoms with E-state index < -0.39 is 0 Å². The number of hydrogen-bond donors (Lipinski definition) is 3. The molecule has 1 saturated heterocycles. The Kier molecular flexibility index (Phi) is 4.97. The highest BCUT2D eigenvalue weighted by Crippen LogP contribution is 2.30. The number of aromatic nitrogens is 1. The first kappa shape index (κ1) is 16.1. The summed E-state index contributed by atoms with van der Waals surface area (Å²) < 4.78 is 5.97. The van der Waals surface area contributed by atoms with Gasteiger partial charge in [-0.1, -0.05) is 23.2 Å². The summed E-state index contributed by atoms with van der Waals surface area (Å²) in [5.74, 6) is 0.476. The molecule has 2 atom stereocenters. The van der Waals surface area contributed by atoms with Crippen LogP contribution in [0.4, 0.5) is 0 Å². The van der Waals surface area contributed by atoms with Crippen LogP contribution in [0.15, 0.2) is 0 Å². The van der Waals surface area contributed by atoms with E-state index in [1.54, 1.807) is 6.92 Å². The lowest BCUT2D eigenvalue weighted by Gasteiger charge is -2.32. The first-order chi connectivity index (χ1) is 10.6. The van der Waals surface area contributed by atoms with Crippen LogP contribution in [0.25, 0.3) is 0 Å². The second-order valence-electron chi connectivity index (χ2n) is 6.14. The third-order valence-electron chi connectivity index (χ3n) is 4.27. The number of carbonyl (C=O) groups is 1. The Hall–Kier alpha value is -0.750. The van der Waals surface area contributed by atoms with Crippen molar-refractivity contribution in [2.75, 3.05) is 19.7 Å². The van der Waals surface area contributed by atoms with E-state index in [-0.39, 0.29) is 23.1 Å². The largest absolute Gasteiger partial charge is 0.374 e. The van der Waals surface area contributed by atoms with E-state index in [9.17, 15) is 4.79 Å². The average Bonchev–Trinajstić information content (AvgIpc) is 3.30. The molecule has 5 nitrogen and oxygen atoms in total. The number of ether oxygens (including phenoxy) is 1. The summed E-state index contributed by atoms with van der Waals surface area (Å²) in [4.78, 5) is 15.4. The number of aryl methyl sites for hydroxylation is 1. The van der Waals surface area contributed by atoms with Gasteiger partial charge in [0.25, 0.3) is 5.91 Å². The molecule has 1 amide bonds. The van der Waals surface area contributed by atoms with Crippen molar-refractivity contribution < 1.29 is 9.53 Å². The molecule has 2 fully saturated rings. The van der Waals surface area contributed by atoms with Crippen LogP contribution < -0.4 is 10.6 Å². The second kappa shape index (κ2) is 6.79. The first-order valence-electron chi connectivity index (χ1n) is 7.73. The van der Waals surface area contributed by atoms with Gasteiger partial charge in [-0.05, 0) is 38.6 Å². The Bertz CT molecular complexity index is 557. The predicted molar refractivity (Wildman–Crippen MR) is 86.8 cm³/mol. The lowest BCUT2D eigenvalue weighted by atomic mass is 10.0. The van der Waals surface area contributed by atoms with Crippen LogP contribution in [0.3, 0.4) is 0 Å². The third kappa shape index (κ3) is 3.59. The fourth-order valence-corrected chi connectivity index (χ4v) is 3.10. The van der Waals surface area contributed by atoms with Gasteiger partial charge in [0.05, 0.1) is 22.2 Å². The molecular weight excluding hydrogens is 325 g/mol. The molecule has 1 aliphatic carbocycles. The summed E-state index contributed by atoms with van der Waals surface area (Å²) in [6, 6.07) is -0.00838. The summed E-state index contributed by atoms with van der Waals surface area (Å²) in [5, 5.41) is 7.03. The van der Waals surface area contributed by atoms with Crippen molar-refractivity contribution in [3.05, 3.63) is 21.4 Å². The molecule has 2 aliphatic rings. The molecule has 1 aromatic rings. The SMILES string of the molecule is Cc1[nH]c(C(=O)N[C@@H]2CCNC[C@@H]2OCC2CC2)c(Cl)c1Cl. The number of nitrogens with one attached hydrogen (secondary N) is 3. The zero-order valence-electron chi connectivity index (χ0n) is 12.5. The van der Waals surface area contributed by atoms with Gasteiger partial charge in [0, 0.05) is 18.8 Å². The van der Waals surface area contributed by atoms with E-state index in [1.807, 2.05) is 0 Å². The summed E-state index contributed by atoms with van der Waals surface area (Å²) in [6.07, 6.45) is 3.36. The molecular formula is C15H21Cl2N3O2. The number of piperidine rings is 1. The molecule has 0 spiro atoms. The van der Waals surface area contributed by atoms with Crippen molar-refractivity contribution in [3.63, 3.8) is 0 Å². The number of amides is 1. The van der Waals surface area contributed by atoms with Gasteiger partial charge in [0.1, 0.15) is 5.69 Å². The van der Waals surface area contributed by atoms with Crippen LogP contribution in [0.1, 0.15) is 35.4 Å². The fourth-order valence-electron chi connectivity index (χ4n) is 2.68. The second-order valence-corrected chi connectivity index (χ2v) is 6.90. The molecule has 0 bridgehead atoms. The van der Waals surface area contributed by atoms with Crippen molar-refractivity contribution in [2.45, 2.75) is 38.3 Å². The van der Waals surface area contributed by atoms with E-state index in [0.29, 0.717) is 22.3 Å². The van der Waals surface area contributed by atoms with Crippen LogP contribution in [0, 0.1) is 12.8 Å². The molecule has 1 saturated carbocycles. The van der Waals surface area contributed by atoms with Gasteiger partial charge in [-0.25, -0.2) is 0 Å². The lowest BCUT2D eigenvalue weighted by molar-refractivity contribution is 0.00855. The molecule has 0 radical (unpaired) electrons. The van der Waals surface area contributed by atoms with Crippen LogP contribution in [-0.2, 0) is 4.74 Å². The number of aromatic amines is 1. The molecule has 0 unspecified atom stereocenters. The van der Waals surface area contributed by atoms with Crippen LogP contribution in [0.5, 0.6) is 0 Å². The molecule has 122 valence electrons. The molecule has 2 heterocycles. The fraction of sp³-hybridized carbons (Fsp3) is 0.667. The smallest absolute Gasteiger partial charge is 0.269 e. The zero-order valence-corrected chi connectivity index (χ0v) is 14.1. The van der Waals surface area contributed by atoms with E-state index in [4.69, 9.17) is 27.9 Å². The average molecular weight is 346 g/mol. The van der Waals surface area contributed by atoms with Crippen LogP contribution in [0.2, 0.25) is 10.0 Å². The van der Waals surface area contributed by atoms with E-state index >= 15 is 0 Å². The van der Waals surface area contributed by atoms with Crippen molar-refractivity contribution in [3.8, 4) is 0 Å². The molecule has 22 heavy (non-hydrogen) atoms. The zero-order chi connectivity index (χ0) is 15.7. The molecule has 0 aromatic carbocycles. The Morgan fingerprint density at radius 3 is 2.73 bits per heavy atom. The van der Waals surface area contributed by atoms with Gasteiger partial charge in [0.15, 0.2) is 0 Å².